The highest BCUT2D eigenvalue weighted by Crippen LogP contribution is 2.21. The molecular formula is C17H27N3O. The van der Waals surface area contributed by atoms with E-state index in [9.17, 15) is 0 Å². The van der Waals surface area contributed by atoms with E-state index in [1.165, 1.54) is 51.3 Å². The maximum atomic E-state index is 5.22. The zero-order valence-corrected chi connectivity index (χ0v) is 13.1. The summed E-state index contributed by atoms with van der Waals surface area (Å²) in [7, 11) is 1.72. The predicted octanol–water partition coefficient (Wildman–Crippen LogP) is 1.82. The molecule has 0 aromatic heterocycles. The number of hydrogen-bond acceptors (Lipinski definition) is 4. The fourth-order valence-corrected chi connectivity index (χ4v) is 3.35. The van der Waals surface area contributed by atoms with Crippen molar-refractivity contribution in [2.24, 2.45) is 5.92 Å². The van der Waals surface area contributed by atoms with Gasteiger partial charge in [0, 0.05) is 31.9 Å². The maximum Gasteiger partial charge on any atom is 0.119 e. The maximum absolute atomic E-state index is 5.22. The van der Waals surface area contributed by atoms with Crippen molar-refractivity contribution < 1.29 is 4.74 Å². The molecule has 0 saturated carbocycles. The first-order valence-corrected chi connectivity index (χ1v) is 8.17. The third-order valence-corrected chi connectivity index (χ3v) is 4.83. The number of anilines is 1. The van der Waals surface area contributed by atoms with Gasteiger partial charge in [0.05, 0.1) is 7.11 Å². The van der Waals surface area contributed by atoms with Gasteiger partial charge in [-0.2, -0.15) is 0 Å². The molecule has 0 spiro atoms. The van der Waals surface area contributed by atoms with Crippen LogP contribution in [0.1, 0.15) is 12.8 Å². The molecule has 2 fully saturated rings. The second-order valence-corrected chi connectivity index (χ2v) is 6.17. The first-order valence-electron chi connectivity index (χ1n) is 8.17. The van der Waals surface area contributed by atoms with E-state index in [4.69, 9.17) is 4.74 Å². The van der Waals surface area contributed by atoms with Gasteiger partial charge in [-0.3, -0.25) is 4.90 Å². The minimum atomic E-state index is 0.907. The Morgan fingerprint density at radius 2 is 1.90 bits per heavy atom. The molecule has 116 valence electrons. The molecule has 4 heteroatoms. The van der Waals surface area contributed by atoms with Crippen LogP contribution in [0, 0.1) is 5.92 Å². The lowest BCUT2D eigenvalue weighted by Gasteiger charge is -2.36. The average Bonchev–Trinajstić information content (AvgIpc) is 3.07. The van der Waals surface area contributed by atoms with E-state index < -0.39 is 0 Å². The van der Waals surface area contributed by atoms with Crippen molar-refractivity contribution >= 4 is 5.69 Å². The monoisotopic (exact) mass is 289 g/mol. The van der Waals surface area contributed by atoms with Crippen LogP contribution < -0.4 is 15.0 Å². The molecular weight excluding hydrogens is 262 g/mol. The Balaban J connectivity index is 1.43. The van der Waals surface area contributed by atoms with Crippen LogP contribution in [0.5, 0.6) is 5.75 Å². The summed E-state index contributed by atoms with van der Waals surface area (Å²) in [6.07, 6.45) is 2.72. The molecule has 1 unspecified atom stereocenters. The number of methoxy groups -OCH3 is 1. The molecule has 0 radical (unpaired) electrons. The van der Waals surface area contributed by atoms with Gasteiger partial charge in [0.1, 0.15) is 5.75 Å². The lowest BCUT2D eigenvalue weighted by atomic mass is 10.0. The largest absolute Gasteiger partial charge is 0.497 e. The fraction of sp³-hybridized carbons (Fsp3) is 0.647. The van der Waals surface area contributed by atoms with E-state index >= 15 is 0 Å². The number of benzene rings is 1. The van der Waals surface area contributed by atoms with Crippen molar-refractivity contribution in [3.05, 3.63) is 24.3 Å². The zero-order valence-electron chi connectivity index (χ0n) is 13.1. The zero-order chi connectivity index (χ0) is 14.5. The molecule has 2 heterocycles. The SMILES string of the molecule is COc1ccc(N2CCN(CCC3CCNC3)CC2)cc1. The summed E-state index contributed by atoms with van der Waals surface area (Å²) in [6.45, 7) is 8.35. The normalized spacial score (nSPS) is 23.5. The highest BCUT2D eigenvalue weighted by atomic mass is 16.5. The molecule has 0 amide bonds. The third-order valence-electron chi connectivity index (χ3n) is 4.83. The Hall–Kier alpha value is -1.26. The van der Waals surface area contributed by atoms with Crippen LogP contribution >= 0.6 is 0 Å². The predicted molar refractivity (Wildman–Crippen MR) is 87.2 cm³/mol. The Morgan fingerprint density at radius 3 is 2.52 bits per heavy atom. The van der Waals surface area contributed by atoms with E-state index in [1.807, 2.05) is 0 Å². The molecule has 1 N–H and O–H groups in total. The van der Waals surface area contributed by atoms with Crippen molar-refractivity contribution in [2.75, 3.05) is 57.8 Å². The standard InChI is InChI=1S/C17H27N3O/c1-21-17-4-2-16(3-5-17)20-12-10-19(11-13-20)9-7-15-6-8-18-14-15/h2-5,15,18H,6-14H2,1H3. The van der Waals surface area contributed by atoms with E-state index in [-0.39, 0.29) is 0 Å². The molecule has 2 aliphatic rings. The molecule has 2 saturated heterocycles. The van der Waals surface area contributed by atoms with E-state index in [0.29, 0.717) is 0 Å². The summed E-state index contributed by atoms with van der Waals surface area (Å²) in [5.41, 5.74) is 1.32. The van der Waals surface area contributed by atoms with Gasteiger partial charge >= 0.3 is 0 Å². The summed E-state index contributed by atoms with van der Waals surface area (Å²) >= 11 is 0. The van der Waals surface area contributed by atoms with E-state index in [2.05, 4.69) is 39.4 Å². The molecule has 4 nitrogen and oxygen atoms in total. The first kappa shape index (κ1) is 14.7. The molecule has 3 rings (SSSR count). The van der Waals surface area contributed by atoms with Gasteiger partial charge in [-0.25, -0.2) is 0 Å². The second-order valence-electron chi connectivity index (χ2n) is 6.17. The number of piperazine rings is 1. The summed E-state index contributed by atoms with van der Waals surface area (Å²) in [5.74, 6) is 1.84. The Labute approximate surface area is 128 Å². The summed E-state index contributed by atoms with van der Waals surface area (Å²) in [6, 6.07) is 8.43. The number of ether oxygens (including phenoxy) is 1. The minimum Gasteiger partial charge on any atom is -0.497 e. The topological polar surface area (TPSA) is 27.7 Å². The van der Waals surface area contributed by atoms with E-state index in [0.717, 1.165) is 24.8 Å². The number of rotatable bonds is 5. The van der Waals surface area contributed by atoms with Gasteiger partial charge in [0.25, 0.3) is 0 Å². The van der Waals surface area contributed by atoms with E-state index in [1.54, 1.807) is 7.11 Å². The van der Waals surface area contributed by atoms with Gasteiger partial charge in [0.2, 0.25) is 0 Å². The van der Waals surface area contributed by atoms with Crippen LogP contribution in [0.3, 0.4) is 0 Å². The van der Waals surface area contributed by atoms with Gasteiger partial charge in [0.15, 0.2) is 0 Å². The summed E-state index contributed by atoms with van der Waals surface area (Å²) in [5, 5.41) is 3.46. The van der Waals surface area contributed by atoms with Crippen molar-refractivity contribution in [3.8, 4) is 5.75 Å². The highest BCUT2D eigenvalue weighted by molar-refractivity contribution is 5.49. The second kappa shape index (κ2) is 7.14. The van der Waals surface area contributed by atoms with Crippen molar-refractivity contribution in [2.45, 2.75) is 12.8 Å². The van der Waals surface area contributed by atoms with Crippen LogP contribution in [-0.2, 0) is 0 Å². The van der Waals surface area contributed by atoms with Gasteiger partial charge < -0.3 is 15.0 Å². The lowest BCUT2D eigenvalue weighted by molar-refractivity contribution is 0.241. The molecule has 0 aliphatic carbocycles. The smallest absolute Gasteiger partial charge is 0.119 e. The van der Waals surface area contributed by atoms with Crippen molar-refractivity contribution in [1.82, 2.24) is 10.2 Å². The molecule has 1 aromatic rings. The molecule has 2 aliphatic heterocycles. The average molecular weight is 289 g/mol. The van der Waals surface area contributed by atoms with Crippen LogP contribution in [0.15, 0.2) is 24.3 Å². The summed E-state index contributed by atoms with van der Waals surface area (Å²) in [4.78, 5) is 5.10. The van der Waals surface area contributed by atoms with Gasteiger partial charge in [-0.05, 0) is 62.7 Å². The first-order chi connectivity index (χ1) is 10.3. The quantitative estimate of drug-likeness (QED) is 0.895. The van der Waals surface area contributed by atoms with Gasteiger partial charge in [-0.15, -0.1) is 0 Å². The van der Waals surface area contributed by atoms with Crippen LogP contribution in [-0.4, -0.2) is 57.8 Å². The molecule has 1 atom stereocenters. The Morgan fingerprint density at radius 1 is 1.14 bits per heavy atom. The van der Waals surface area contributed by atoms with Crippen LogP contribution in [0.25, 0.3) is 0 Å². The third kappa shape index (κ3) is 3.89. The van der Waals surface area contributed by atoms with Crippen molar-refractivity contribution in [3.63, 3.8) is 0 Å². The summed E-state index contributed by atoms with van der Waals surface area (Å²) < 4.78 is 5.22. The molecule has 0 bridgehead atoms. The van der Waals surface area contributed by atoms with Crippen LogP contribution in [0.4, 0.5) is 5.69 Å². The minimum absolute atomic E-state index is 0.907. The number of hydrogen-bond donors (Lipinski definition) is 1. The Kier molecular flexibility index (Phi) is 4.99. The highest BCUT2D eigenvalue weighted by Gasteiger charge is 2.19. The Bertz CT molecular complexity index is 420. The fourth-order valence-electron chi connectivity index (χ4n) is 3.35. The van der Waals surface area contributed by atoms with Crippen molar-refractivity contribution in [1.29, 1.82) is 0 Å². The number of nitrogens with zero attached hydrogens (tertiary/aromatic N) is 2. The van der Waals surface area contributed by atoms with Gasteiger partial charge in [-0.1, -0.05) is 0 Å². The molecule has 21 heavy (non-hydrogen) atoms. The lowest BCUT2D eigenvalue weighted by Crippen LogP contribution is -2.46. The number of nitrogens with one attached hydrogen (secondary N) is 1. The van der Waals surface area contributed by atoms with Crippen LogP contribution in [0.2, 0.25) is 0 Å². The molecule has 1 aromatic carbocycles.